The fourth-order valence-corrected chi connectivity index (χ4v) is 4.15. The summed E-state index contributed by atoms with van der Waals surface area (Å²) in [5.74, 6) is 0.323. The van der Waals surface area contributed by atoms with Crippen LogP contribution in [-0.4, -0.2) is 32.9 Å². The standard InChI is InChI=1S/C25H31N5O/c1-16(2)23-13-24(21-12-17(3)4-10-22(21)30-23)28-18-5-7-19(8-6-18)29-25(31)11-9-20-14-26-15-27-20/h4,9-16,18-19H,5-8H2,1-3H3,(H,26,27)(H,28,30)(H,29,31)/b11-9+. The maximum absolute atomic E-state index is 12.2. The number of pyridine rings is 1. The highest BCUT2D eigenvalue weighted by Crippen LogP contribution is 2.30. The Morgan fingerprint density at radius 2 is 1.94 bits per heavy atom. The molecule has 1 fully saturated rings. The van der Waals surface area contributed by atoms with E-state index in [-0.39, 0.29) is 11.9 Å². The van der Waals surface area contributed by atoms with Crippen LogP contribution in [0.2, 0.25) is 0 Å². The van der Waals surface area contributed by atoms with Crippen molar-refractivity contribution in [1.29, 1.82) is 0 Å². The fourth-order valence-electron chi connectivity index (χ4n) is 4.15. The van der Waals surface area contributed by atoms with Crippen LogP contribution < -0.4 is 10.6 Å². The topological polar surface area (TPSA) is 82.7 Å². The molecular formula is C25H31N5O. The minimum Gasteiger partial charge on any atom is -0.382 e. The average molecular weight is 418 g/mol. The lowest BCUT2D eigenvalue weighted by Crippen LogP contribution is -2.39. The summed E-state index contributed by atoms with van der Waals surface area (Å²) in [4.78, 5) is 24.0. The first-order valence-electron chi connectivity index (χ1n) is 11.1. The van der Waals surface area contributed by atoms with Gasteiger partial charge in [-0.1, -0.05) is 25.5 Å². The largest absolute Gasteiger partial charge is 0.382 e. The quantitative estimate of drug-likeness (QED) is 0.496. The molecule has 6 heteroatoms. The van der Waals surface area contributed by atoms with E-state index >= 15 is 0 Å². The molecule has 4 rings (SSSR count). The monoisotopic (exact) mass is 417 g/mol. The number of anilines is 1. The summed E-state index contributed by atoms with van der Waals surface area (Å²) in [5.41, 5.74) is 5.33. The Hall–Kier alpha value is -3.15. The lowest BCUT2D eigenvalue weighted by molar-refractivity contribution is -0.117. The van der Waals surface area contributed by atoms with Crippen molar-refractivity contribution in [2.45, 2.75) is 64.5 Å². The third-order valence-corrected chi connectivity index (χ3v) is 5.93. The molecule has 0 unspecified atom stereocenters. The molecule has 6 nitrogen and oxygen atoms in total. The van der Waals surface area contributed by atoms with Crippen molar-refractivity contribution < 1.29 is 4.79 Å². The molecule has 2 heterocycles. The first kappa shape index (κ1) is 21.1. The highest BCUT2D eigenvalue weighted by Gasteiger charge is 2.22. The maximum atomic E-state index is 12.2. The average Bonchev–Trinajstić information content (AvgIpc) is 3.27. The number of aromatic nitrogens is 3. The van der Waals surface area contributed by atoms with Gasteiger partial charge >= 0.3 is 0 Å². The van der Waals surface area contributed by atoms with E-state index < -0.39 is 0 Å². The van der Waals surface area contributed by atoms with Gasteiger partial charge in [-0.3, -0.25) is 9.78 Å². The molecule has 0 aliphatic heterocycles. The maximum Gasteiger partial charge on any atom is 0.244 e. The van der Waals surface area contributed by atoms with E-state index in [0.29, 0.717) is 12.0 Å². The normalized spacial score (nSPS) is 19.2. The number of carbonyl (C=O) groups excluding carboxylic acids is 1. The predicted octanol–water partition coefficient (Wildman–Crippen LogP) is 4.94. The van der Waals surface area contributed by atoms with Crippen molar-refractivity contribution in [1.82, 2.24) is 20.3 Å². The minimum atomic E-state index is -0.0587. The Morgan fingerprint density at radius 1 is 1.16 bits per heavy atom. The van der Waals surface area contributed by atoms with Crippen LogP contribution in [0, 0.1) is 6.92 Å². The van der Waals surface area contributed by atoms with Crippen molar-refractivity contribution in [3.8, 4) is 0 Å². The van der Waals surface area contributed by atoms with Crippen LogP contribution in [0.25, 0.3) is 17.0 Å². The Balaban J connectivity index is 1.38. The smallest absolute Gasteiger partial charge is 0.244 e. The summed E-state index contributed by atoms with van der Waals surface area (Å²) in [7, 11) is 0. The molecule has 0 bridgehead atoms. The number of hydrogen-bond acceptors (Lipinski definition) is 4. The van der Waals surface area contributed by atoms with E-state index in [4.69, 9.17) is 4.98 Å². The number of benzene rings is 1. The Labute approximate surface area is 183 Å². The summed E-state index contributed by atoms with van der Waals surface area (Å²) in [6.45, 7) is 6.48. The van der Waals surface area contributed by atoms with Crippen molar-refractivity contribution in [3.05, 3.63) is 59.8 Å². The van der Waals surface area contributed by atoms with Gasteiger partial charge in [0.05, 0.1) is 17.5 Å². The molecule has 1 aliphatic rings. The highest BCUT2D eigenvalue weighted by atomic mass is 16.1. The first-order chi connectivity index (χ1) is 15.0. The Bertz CT molecular complexity index is 1060. The number of aryl methyl sites for hydroxylation is 1. The number of carbonyl (C=O) groups is 1. The van der Waals surface area contributed by atoms with E-state index in [0.717, 1.165) is 42.6 Å². The molecule has 162 valence electrons. The lowest BCUT2D eigenvalue weighted by atomic mass is 9.90. The lowest BCUT2D eigenvalue weighted by Gasteiger charge is -2.30. The molecule has 3 aromatic rings. The van der Waals surface area contributed by atoms with Crippen LogP contribution in [0.4, 0.5) is 5.69 Å². The molecule has 0 radical (unpaired) electrons. The van der Waals surface area contributed by atoms with Crippen LogP contribution in [0.5, 0.6) is 0 Å². The van der Waals surface area contributed by atoms with Crippen LogP contribution in [-0.2, 0) is 4.79 Å². The molecule has 0 atom stereocenters. The van der Waals surface area contributed by atoms with Crippen LogP contribution >= 0.6 is 0 Å². The van der Waals surface area contributed by atoms with Gasteiger partial charge in [-0.15, -0.1) is 0 Å². The van der Waals surface area contributed by atoms with E-state index in [2.05, 4.69) is 65.6 Å². The SMILES string of the molecule is Cc1ccc2nc(C(C)C)cc(NC3CCC(NC(=O)/C=C/c4c[nH]cn4)CC3)c2c1. The van der Waals surface area contributed by atoms with E-state index in [9.17, 15) is 4.79 Å². The molecule has 3 N–H and O–H groups in total. The number of nitrogens with zero attached hydrogens (tertiary/aromatic N) is 2. The number of hydrogen-bond donors (Lipinski definition) is 3. The molecule has 1 saturated carbocycles. The molecular weight excluding hydrogens is 386 g/mol. The van der Waals surface area contributed by atoms with Crippen molar-refractivity contribution >= 4 is 28.6 Å². The zero-order valence-electron chi connectivity index (χ0n) is 18.5. The summed E-state index contributed by atoms with van der Waals surface area (Å²) >= 11 is 0. The molecule has 0 spiro atoms. The summed E-state index contributed by atoms with van der Waals surface area (Å²) in [6.07, 6.45) is 10.6. The number of rotatable bonds is 6. The van der Waals surface area contributed by atoms with Gasteiger partial charge in [0.25, 0.3) is 0 Å². The van der Waals surface area contributed by atoms with Crippen molar-refractivity contribution in [2.75, 3.05) is 5.32 Å². The van der Waals surface area contributed by atoms with Gasteiger partial charge in [0.1, 0.15) is 0 Å². The van der Waals surface area contributed by atoms with E-state index in [1.54, 1.807) is 24.7 Å². The van der Waals surface area contributed by atoms with Crippen LogP contribution in [0.15, 0.2) is 42.9 Å². The number of nitrogens with one attached hydrogen (secondary N) is 3. The summed E-state index contributed by atoms with van der Waals surface area (Å²) in [5, 5.41) is 8.09. The number of fused-ring (bicyclic) bond motifs is 1. The van der Waals surface area contributed by atoms with Gasteiger partial charge in [-0.05, 0) is 62.8 Å². The van der Waals surface area contributed by atoms with Crippen molar-refractivity contribution in [3.63, 3.8) is 0 Å². The molecule has 1 aromatic carbocycles. The first-order valence-corrected chi connectivity index (χ1v) is 11.1. The van der Waals surface area contributed by atoms with Gasteiger partial charge in [-0.2, -0.15) is 0 Å². The second-order valence-electron chi connectivity index (χ2n) is 8.80. The van der Waals surface area contributed by atoms with E-state index in [1.807, 2.05) is 0 Å². The zero-order chi connectivity index (χ0) is 21.8. The molecule has 1 aliphatic carbocycles. The zero-order valence-corrected chi connectivity index (χ0v) is 18.5. The molecule has 31 heavy (non-hydrogen) atoms. The minimum absolute atomic E-state index is 0.0587. The van der Waals surface area contributed by atoms with Gasteiger partial charge in [-0.25, -0.2) is 4.98 Å². The highest BCUT2D eigenvalue weighted by molar-refractivity contribution is 5.92. The Morgan fingerprint density at radius 3 is 2.65 bits per heavy atom. The third-order valence-electron chi connectivity index (χ3n) is 5.93. The number of imidazole rings is 1. The Kier molecular flexibility index (Phi) is 6.35. The van der Waals surface area contributed by atoms with Gasteiger partial charge in [0.2, 0.25) is 5.91 Å². The predicted molar refractivity (Wildman–Crippen MR) is 126 cm³/mol. The van der Waals surface area contributed by atoms with Gasteiger partial charge in [0.15, 0.2) is 0 Å². The van der Waals surface area contributed by atoms with Crippen LogP contribution in [0.1, 0.15) is 62.4 Å². The third kappa shape index (κ3) is 5.32. The fraction of sp³-hybridized carbons (Fsp3) is 0.400. The number of amides is 1. The molecule has 1 amide bonds. The number of aromatic amines is 1. The van der Waals surface area contributed by atoms with Crippen molar-refractivity contribution in [2.24, 2.45) is 0 Å². The van der Waals surface area contributed by atoms with Gasteiger partial charge in [0, 0.05) is 41.1 Å². The second kappa shape index (κ2) is 9.33. The molecule has 0 saturated heterocycles. The van der Waals surface area contributed by atoms with Crippen LogP contribution in [0.3, 0.4) is 0 Å². The second-order valence-corrected chi connectivity index (χ2v) is 8.80. The number of H-pyrrole nitrogens is 1. The summed E-state index contributed by atoms with van der Waals surface area (Å²) in [6, 6.07) is 9.28. The molecule has 2 aromatic heterocycles. The van der Waals surface area contributed by atoms with E-state index in [1.165, 1.54) is 16.6 Å². The summed E-state index contributed by atoms with van der Waals surface area (Å²) < 4.78 is 0. The van der Waals surface area contributed by atoms with Gasteiger partial charge < -0.3 is 15.6 Å².